The van der Waals surface area contributed by atoms with E-state index in [-0.39, 0.29) is 5.82 Å². The van der Waals surface area contributed by atoms with Gasteiger partial charge in [0.2, 0.25) is 0 Å². The molecule has 1 heteroatoms. The van der Waals surface area contributed by atoms with Gasteiger partial charge in [-0.05, 0) is 34.4 Å². The third-order valence-electron chi connectivity index (χ3n) is 3.08. The van der Waals surface area contributed by atoms with Gasteiger partial charge in [0, 0.05) is 5.56 Å². The highest BCUT2D eigenvalue weighted by molar-refractivity contribution is 6.16. The number of halogens is 1. The number of hydrogen-bond donors (Lipinski definition) is 0. The average Bonchev–Trinajstić information content (AvgIpc) is 2.70. The first kappa shape index (κ1) is 10.0. The highest BCUT2D eigenvalue weighted by Crippen LogP contribution is 2.40. The van der Waals surface area contributed by atoms with E-state index in [9.17, 15) is 4.39 Å². The third-order valence-corrected chi connectivity index (χ3v) is 3.08. The van der Waals surface area contributed by atoms with Crippen molar-refractivity contribution in [1.82, 2.24) is 0 Å². The fourth-order valence-electron chi connectivity index (χ4n) is 2.20. The summed E-state index contributed by atoms with van der Waals surface area (Å²) < 4.78 is 13.7. The zero-order valence-corrected chi connectivity index (χ0v) is 9.28. The molecule has 0 amide bonds. The van der Waals surface area contributed by atoms with E-state index in [1.54, 1.807) is 6.07 Å². The van der Waals surface area contributed by atoms with Crippen LogP contribution >= 0.6 is 0 Å². The van der Waals surface area contributed by atoms with Gasteiger partial charge >= 0.3 is 0 Å². The maximum absolute atomic E-state index is 13.7. The monoisotopic (exact) mass is 222 g/mol. The van der Waals surface area contributed by atoms with Crippen molar-refractivity contribution < 1.29 is 4.39 Å². The molecule has 0 aliphatic heterocycles. The number of benzene rings is 2. The topological polar surface area (TPSA) is 0 Å². The van der Waals surface area contributed by atoms with Crippen LogP contribution in [0.15, 0.2) is 55.1 Å². The molecule has 0 saturated carbocycles. The Bertz CT molecular complexity index is 621. The highest BCUT2D eigenvalue weighted by atomic mass is 19.1. The number of fused-ring (bicyclic) bond motifs is 1. The molecule has 17 heavy (non-hydrogen) atoms. The number of rotatable bonds is 1. The van der Waals surface area contributed by atoms with Crippen LogP contribution < -0.4 is 0 Å². The molecular weight excluding hydrogens is 211 g/mol. The van der Waals surface area contributed by atoms with Gasteiger partial charge in [0.25, 0.3) is 0 Å². The van der Waals surface area contributed by atoms with E-state index in [1.807, 2.05) is 42.5 Å². The number of allylic oxidation sites excluding steroid dienone is 2. The van der Waals surface area contributed by atoms with E-state index in [1.165, 1.54) is 6.07 Å². The molecule has 0 atom stereocenters. The summed E-state index contributed by atoms with van der Waals surface area (Å²) >= 11 is 0. The van der Waals surface area contributed by atoms with Crippen molar-refractivity contribution in [2.45, 2.75) is 0 Å². The predicted octanol–water partition coefficient (Wildman–Crippen LogP) is 4.39. The van der Waals surface area contributed by atoms with Crippen molar-refractivity contribution in [2.24, 2.45) is 0 Å². The second-order valence-electron chi connectivity index (χ2n) is 4.10. The Morgan fingerprint density at radius 1 is 0.882 bits per heavy atom. The summed E-state index contributed by atoms with van der Waals surface area (Å²) in [5, 5.41) is 0. The van der Waals surface area contributed by atoms with Crippen LogP contribution in [0.3, 0.4) is 0 Å². The molecular formula is C16H11F. The molecule has 2 aromatic rings. The lowest BCUT2D eigenvalue weighted by atomic mass is 9.99. The van der Waals surface area contributed by atoms with Crippen molar-refractivity contribution in [1.29, 1.82) is 0 Å². The molecule has 0 saturated heterocycles. The van der Waals surface area contributed by atoms with Gasteiger partial charge in [-0.25, -0.2) is 4.39 Å². The molecule has 82 valence electrons. The predicted molar refractivity (Wildman–Crippen MR) is 69.7 cm³/mol. The van der Waals surface area contributed by atoms with Crippen molar-refractivity contribution in [3.63, 3.8) is 0 Å². The average molecular weight is 222 g/mol. The Morgan fingerprint density at radius 3 is 2.35 bits per heavy atom. The van der Waals surface area contributed by atoms with Crippen LogP contribution in [0.25, 0.3) is 17.2 Å². The summed E-state index contributed by atoms with van der Waals surface area (Å²) in [6, 6.07) is 15.1. The van der Waals surface area contributed by atoms with Crippen LogP contribution in [-0.2, 0) is 0 Å². The van der Waals surface area contributed by atoms with Crippen molar-refractivity contribution >= 4 is 17.2 Å². The minimum Gasteiger partial charge on any atom is -0.206 e. The van der Waals surface area contributed by atoms with Crippen molar-refractivity contribution in [3.05, 3.63) is 77.6 Å². The lowest BCUT2D eigenvalue weighted by molar-refractivity contribution is 0.625. The maximum atomic E-state index is 13.7. The molecule has 0 fully saturated rings. The Kier molecular flexibility index (Phi) is 2.19. The molecule has 3 rings (SSSR count). The summed E-state index contributed by atoms with van der Waals surface area (Å²) in [7, 11) is 0. The molecule has 0 unspecified atom stereocenters. The summed E-state index contributed by atoms with van der Waals surface area (Å²) in [5.41, 5.74) is 4.52. The van der Waals surface area contributed by atoms with Crippen LogP contribution in [0.5, 0.6) is 0 Å². The van der Waals surface area contributed by atoms with Crippen LogP contribution in [0.1, 0.15) is 16.7 Å². The lowest BCUT2D eigenvalue weighted by Crippen LogP contribution is -1.85. The van der Waals surface area contributed by atoms with Crippen LogP contribution in [-0.4, -0.2) is 0 Å². The van der Waals surface area contributed by atoms with Gasteiger partial charge in [-0.15, -0.1) is 0 Å². The van der Waals surface area contributed by atoms with Gasteiger partial charge in [0.05, 0.1) is 0 Å². The SMILES string of the molecule is C=C1C(c2ccccc2)=Cc2c(F)cccc21. The second kappa shape index (κ2) is 3.70. The Morgan fingerprint density at radius 2 is 1.65 bits per heavy atom. The van der Waals surface area contributed by atoms with Gasteiger partial charge in [-0.1, -0.05) is 49.0 Å². The third kappa shape index (κ3) is 1.51. The number of hydrogen-bond acceptors (Lipinski definition) is 0. The summed E-state index contributed by atoms with van der Waals surface area (Å²) in [5.74, 6) is -0.186. The lowest BCUT2D eigenvalue weighted by Gasteiger charge is -2.05. The van der Waals surface area contributed by atoms with Gasteiger partial charge in [0.15, 0.2) is 0 Å². The first-order valence-corrected chi connectivity index (χ1v) is 5.52. The molecule has 0 radical (unpaired) electrons. The molecule has 1 aliphatic carbocycles. The molecule has 0 aromatic heterocycles. The molecule has 0 heterocycles. The second-order valence-corrected chi connectivity index (χ2v) is 4.10. The van der Waals surface area contributed by atoms with Crippen molar-refractivity contribution in [2.75, 3.05) is 0 Å². The summed E-state index contributed by atoms with van der Waals surface area (Å²) in [4.78, 5) is 0. The van der Waals surface area contributed by atoms with E-state index in [0.29, 0.717) is 5.56 Å². The van der Waals surface area contributed by atoms with Crippen LogP contribution in [0, 0.1) is 5.82 Å². The molecule has 0 bridgehead atoms. The minimum absolute atomic E-state index is 0.186. The zero-order valence-electron chi connectivity index (χ0n) is 9.28. The molecule has 0 spiro atoms. The Labute approximate surface area is 99.7 Å². The van der Waals surface area contributed by atoms with E-state index >= 15 is 0 Å². The normalized spacial score (nSPS) is 13.5. The fraction of sp³-hybridized carbons (Fsp3) is 0. The standard InChI is InChI=1S/C16H11F/c1-11-13-8-5-9-16(17)15(13)10-14(11)12-6-3-2-4-7-12/h2-10H,1H2. The van der Waals surface area contributed by atoms with Gasteiger partial charge in [-0.2, -0.15) is 0 Å². The van der Waals surface area contributed by atoms with Gasteiger partial charge in [-0.3, -0.25) is 0 Å². The zero-order chi connectivity index (χ0) is 11.8. The molecule has 2 aromatic carbocycles. The quantitative estimate of drug-likeness (QED) is 0.671. The van der Waals surface area contributed by atoms with E-state index in [2.05, 4.69) is 6.58 Å². The van der Waals surface area contributed by atoms with Crippen LogP contribution in [0.2, 0.25) is 0 Å². The largest absolute Gasteiger partial charge is 0.206 e. The van der Waals surface area contributed by atoms with E-state index < -0.39 is 0 Å². The fourth-order valence-corrected chi connectivity index (χ4v) is 2.20. The molecule has 0 N–H and O–H groups in total. The maximum Gasteiger partial charge on any atom is 0.131 e. The highest BCUT2D eigenvalue weighted by Gasteiger charge is 2.20. The summed E-state index contributed by atoms with van der Waals surface area (Å²) in [6.07, 6.45) is 1.88. The van der Waals surface area contributed by atoms with Gasteiger partial charge in [0.1, 0.15) is 5.82 Å². The van der Waals surface area contributed by atoms with E-state index in [4.69, 9.17) is 0 Å². The van der Waals surface area contributed by atoms with Crippen LogP contribution in [0.4, 0.5) is 4.39 Å². The summed E-state index contributed by atoms with van der Waals surface area (Å²) in [6.45, 7) is 4.06. The Balaban J connectivity index is 2.16. The van der Waals surface area contributed by atoms with Crippen molar-refractivity contribution in [3.8, 4) is 0 Å². The molecule has 1 aliphatic rings. The Hall–Kier alpha value is -2.15. The smallest absolute Gasteiger partial charge is 0.131 e. The molecule has 0 nitrogen and oxygen atoms in total. The minimum atomic E-state index is -0.186. The first-order valence-electron chi connectivity index (χ1n) is 5.52. The van der Waals surface area contributed by atoms with Gasteiger partial charge < -0.3 is 0 Å². The van der Waals surface area contributed by atoms with E-state index in [0.717, 1.165) is 22.3 Å². The first-order chi connectivity index (χ1) is 8.27.